The fraction of sp³-hybridized carbons (Fsp3) is 0.308. The van der Waals surface area contributed by atoms with E-state index in [0.717, 1.165) is 12.1 Å². The van der Waals surface area contributed by atoms with Crippen molar-refractivity contribution in [1.29, 1.82) is 0 Å². The van der Waals surface area contributed by atoms with Crippen LogP contribution in [0.2, 0.25) is 0 Å². The Bertz CT molecular complexity index is 506. The summed E-state index contributed by atoms with van der Waals surface area (Å²) in [5.41, 5.74) is 4.29. The topological polar surface area (TPSA) is 55.1 Å². The van der Waals surface area contributed by atoms with Crippen molar-refractivity contribution in [3.8, 4) is 12.3 Å². The van der Waals surface area contributed by atoms with Gasteiger partial charge in [0.05, 0.1) is 11.7 Å². The standard InChI is InChI=1S/C13H14F2N2O/c1-4-10(7(2)3)17-13(18)11-8(14)5-6-9(16)12(11)15/h1,5-7,10H,16H2,2-3H3,(H,17,18). The Kier molecular flexibility index (Phi) is 4.27. The normalized spacial score (nSPS) is 12.0. The molecule has 0 aliphatic carbocycles. The van der Waals surface area contributed by atoms with Gasteiger partial charge >= 0.3 is 0 Å². The first-order valence-electron chi connectivity index (χ1n) is 5.39. The highest BCUT2D eigenvalue weighted by Gasteiger charge is 2.22. The number of hydrogen-bond acceptors (Lipinski definition) is 2. The van der Waals surface area contributed by atoms with E-state index in [4.69, 9.17) is 12.2 Å². The average molecular weight is 252 g/mol. The van der Waals surface area contributed by atoms with Gasteiger partial charge in [0.15, 0.2) is 5.82 Å². The van der Waals surface area contributed by atoms with Crippen LogP contribution >= 0.6 is 0 Å². The molecule has 0 aromatic heterocycles. The summed E-state index contributed by atoms with van der Waals surface area (Å²) in [7, 11) is 0. The van der Waals surface area contributed by atoms with E-state index in [9.17, 15) is 13.6 Å². The summed E-state index contributed by atoms with van der Waals surface area (Å²) in [6, 6.07) is 1.40. The summed E-state index contributed by atoms with van der Waals surface area (Å²) < 4.78 is 27.0. The van der Waals surface area contributed by atoms with E-state index in [1.54, 1.807) is 13.8 Å². The fourth-order valence-electron chi connectivity index (χ4n) is 1.39. The van der Waals surface area contributed by atoms with Gasteiger partial charge in [0.1, 0.15) is 11.4 Å². The lowest BCUT2D eigenvalue weighted by atomic mass is 10.0. The van der Waals surface area contributed by atoms with Crippen molar-refractivity contribution in [3.63, 3.8) is 0 Å². The van der Waals surface area contributed by atoms with Crippen LogP contribution in [0, 0.1) is 29.9 Å². The molecule has 1 amide bonds. The van der Waals surface area contributed by atoms with E-state index < -0.39 is 29.1 Å². The third-order valence-corrected chi connectivity index (χ3v) is 2.48. The van der Waals surface area contributed by atoms with Crippen molar-refractivity contribution < 1.29 is 13.6 Å². The number of nitrogens with one attached hydrogen (secondary N) is 1. The van der Waals surface area contributed by atoms with Gasteiger partial charge in [-0.05, 0) is 18.1 Å². The molecule has 1 rings (SSSR count). The molecular formula is C13H14F2N2O. The van der Waals surface area contributed by atoms with E-state index in [1.165, 1.54) is 0 Å². The monoisotopic (exact) mass is 252 g/mol. The maximum Gasteiger partial charge on any atom is 0.258 e. The first-order chi connectivity index (χ1) is 8.38. The number of benzene rings is 1. The Balaban J connectivity index is 3.06. The van der Waals surface area contributed by atoms with E-state index >= 15 is 0 Å². The predicted octanol–water partition coefficient (Wildman–Crippen LogP) is 1.93. The highest BCUT2D eigenvalue weighted by atomic mass is 19.1. The number of hydrogen-bond donors (Lipinski definition) is 2. The zero-order chi connectivity index (χ0) is 13.9. The number of rotatable bonds is 3. The molecule has 1 aromatic rings. The first kappa shape index (κ1) is 14.0. The van der Waals surface area contributed by atoms with Crippen molar-refractivity contribution >= 4 is 11.6 Å². The molecule has 0 saturated carbocycles. The molecule has 1 unspecified atom stereocenters. The quantitative estimate of drug-likeness (QED) is 0.638. The molecule has 0 fully saturated rings. The second kappa shape index (κ2) is 5.50. The van der Waals surface area contributed by atoms with Crippen molar-refractivity contribution in [2.24, 2.45) is 5.92 Å². The SMILES string of the molecule is C#CC(NC(=O)c1c(F)ccc(N)c1F)C(C)C. The summed E-state index contributed by atoms with van der Waals surface area (Å²) in [6.07, 6.45) is 5.23. The molecule has 0 radical (unpaired) electrons. The molecule has 3 nitrogen and oxygen atoms in total. The summed E-state index contributed by atoms with van der Waals surface area (Å²) >= 11 is 0. The van der Waals surface area contributed by atoms with Gasteiger partial charge in [-0.25, -0.2) is 8.78 Å². The van der Waals surface area contributed by atoms with Crippen LogP contribution < -0.4 is 11.1 Å². The minimum Gasteiger partial charge on any atom is -0.396 e. The Morgan fingerprint density at radius 2 is 2.06 bits per heavy atom. The zero-order valence-electron chi connectivity index (χ0n) is 10.1. The Labute approximate surface area is 104 Å². The van der Waals surface area contributed by atoms with Crippen LogP contribution in [0.25, 0.3) is 0 Å². The molecule has 0 spiro atoms. The zero-order valence-corrected chi connectivity index (χ0v) is 10.1. The van der Waals surface area contributed by atoms with E-state index in [-0.39, 0.29) is 11.6 Å². The van der Waals surface area contributed by atoms with Crippen LogP contribution in [0.5, 0.6) is 0 Å². The molecule has 5 heteroatoms. The summed E-state index contributed by atoms with van der Waals surface area (Å²) in [6.45, 7) is 3.58. The van der Waals surface area contributed by atoms with Gasteiger partial charge in [0.25, 0.3) is 5.91 Å². The van der Waals surface area contributed by atoms with Crippen LogP contribution in [0.1, 0.15) is 24.2 Å². The van der Waals surface area contributed by atoms with Crippen molar-refractivity contribution in [1.82, 2.24) is 5.32 Å². The van der Waals surface area contributed by atoms with E-state index in [1.807, 2.05) is 0 Å². The van der Waals surface area contributed by atoms with Crippen LogP contribution in [-0.2, 0) is 0 Å². The maximum absolute atomic E-state index is 13.6. The molecule has 1 aromatic carbocycles. The lowest BCUT2D eigenvalue weighted by Crippen LogP contribution is -2.38. The highest BCUT2D eigenvalue weighted by molar-refractivity contribution is 5.96. The van der Waals surface area contributed by atoms with Crippen LogP contribution in [0.4, 0.5) is 14.5 Å². The second-order valence-electron chi connectivity index (χ2n) is 4.19. The van der Waals surface area contributed by atoms with E-state index in [0.29, 0.717) is 0 Å². The molecule has 0 heterocycles. The predicted molar refractivity (Wildman–Crippen MR) is 65.7 cm³/mol. The molecule has 0 aliphatic heterocycles. The Morgan fingerprint density at radius 1 is 1.44 bits per heavy atom. The number of carbonyl (C=O) groups is 1. The summed E-state index contributed by atoms with van der Waals surface area (Å²) in [5.74, 6) is -0.661. The number of terminal acetylenes is 1. The minimum atomic E-state index is -1.08. The molecule has 0 aliphatic rings. The van der Waals surface area contributed by atoms with Gasteiger partial charge in [-0.1, -0.05) is 19.8 Å². The average Bonchev–Trinajstić information content (AvgIpc) is 2.31. The molecule has 1 atom stereocenters. The number of halogens is 2. The van der Waals surface area contributed by atoms with Crippen molar-refractivity contribution in [2.45, 2.75) is 19.9 Å². The lowest BCUT2D eigenvalue weighted by Gasteiger charge is -2.17. The minimum absolute atomic E-state index is 0.0499. The van der Waals surface area contributed by atoms with Crippen LogP contribution in [-0.4, -0.2) is 11.9 Å². The number of nitrogen functional groups attached to an aromatic ring is 1. The lowest BCUT2D eigenvalue weighted by molar-refractivity contribution is 0.0929. The van der Waals surface area contributed by atoms with Crippen molar-refractivity contribution in [2.75, 3.05) is 5.73 Å². The van der Waals surface area contributed by atoms with Gasteiger partial charge in [0.2, 0.25) is 0 Å². The number of anilines is 1. The van der Waals surface area contributed by atoms with Gasteiger partial charge in [0, 0.05) is 0 Å². The molecular weight excluding hydrogens is 238 g/mol. The van der Waals surface area contributed by atoms with Crippen LogP contribution in [0.15, 0.2) is 12.1 Å². The second-order valence-corrected chi connectivity index (χ2v) is 4.19. The summed E-state index contributed by atoms with van der Waals surface area (Å²) in [5, 5.41) is 2.38. The fourth-order valence-corrected chi connectivity index (χ4v) is 1.39. The van der Waals surface area contributed by atoms with E-state index in [2.05, 4.69) is 11.2 Å². The number of nitrogens with two attached hydrogens (primary N) is 1. The van der Waals surface area contributed by atoms with Crippen LogP contribution in [0.3, 0.4) is 0 Å². The smallest absolute Gasteiger partial charge is 0.258 e. The highest BCUT2D eigenvalue weighted by Crippen LogP contribution is 2.18. The Morgan fingerprint density at radius 3 is 2.56 bits per heavy atom. The van der Waals surface area contributed by atoms with Gasteiger partial charge in [-0.3, -0.25) is 4.79 Å². The third-order valence-electron chi connectivity index (χ3n) is 2.48. The molecule has 0 bridgehead atoms. The van der Waals surface area contributed by atoms with Gasteiger partial charge in [-0.2, -0.15) is 0 Å². The molecule has 18 heavy (non-hydrogen) atoms. The first-order valence-corrected chi connectivity index (χ1v) is 5.39. The number of carbonyl (C=O) groups excluding carboxylic acids is 1. The third kappa shape index (κ3) is 2.77. The molecule has 96 valence electrons. The largest absolute Gasteiger partial charge is 0.396 e. The van der Waals surface area contributed by atoms with Gasteiger partial charge in [-0.15, -0.1) is 6.42 Å². The molecule has 3 N–H and O–H groups in total. The Hall–Kier alpha value is -2.09. The van der Waals surface area contributed by atoms with Crippen molar-refractivity contribution in [3.05, 3.63) is 29.3 Å². The number of amides is 1. The maximum atomic E-state index is 13.6. The molecule has 0 saturated heterocycles. The summed E-state index contributed by atoms with van der Waals surface area (Å²) in [4.78, 5) is 11.8. The van der Waals surface area contributed by atoms with Gasteiger partial charge < -0.3 is 11.1 Å².